The first-order chi connectivity index (χ1) is 10.7. The van der Waals surface area contributed by atoms with Gasteiger partial charge in [0.2, 0.25) is 5.13 Å². The van der Waals surface area contributed by atoms with E-state index >= 15 is 0 Å². The number of benzene rings is 2. The van der Waals surface area contributed by atoms with Crippen LogP contribution in [0.15, 0.2) is 59.7 Å². The van der Waals surface area contributed by atoms with Crippen molar-refractivity contribution in [3.8, 4) is 11.3 Å². The summed E-state index contributed by atoms with van der Waals surface area (Å²) in [7, 11) is 0. The first-order valence-corrected chi connectivity index (χ1v) is 7.62. The van der Waals surface area contributed by atoms with Gasteiger partial charge < -0.3 is 0 Å². The third-order valence-corrected chi connectivity index (χ3v) is 3.99. The molecule has 0 aliphatic heterocycles. The first kappa shape index (κ1) is 14.4. The second-order valence-corrected chi connectivity index (χ2v) is 5.88. The summed E-state index contributed by atoms with van der Waals surface area (Å²) in [5, 5.41) is 4.74. The van der Waals surface area contributed by atoms with Gasteiger partial charge in [-0.1, -0.05) is 48.5 Å². The SMILES string of the molecule is Cc1sc(N/N=C/c2ccccc2F)nc1-c1ccccc1. The summed E-state index contributed by atoms with van der Waals surface area (Å²) in [4.78, 5) is 5.64. The number of anilines is 1. The zero-order valence-electron chi connectivity index (χ0n) is 12.0. The van der Waals surface area contributed by atoms with Gasteiger partial charge in [0.25, 0.3) is 0 Å². The third-order valence-electron chi connectivity index (χ3n) is 3.11. The van der Waals surface area contributed by atoms with E-state index in [1.54, 1.807) is 18.2 Å². The summed E-state index contributed by atoms with van der Waals surface area (Å²) >= 11 is 1.52. The average Bonchev–Trinajstić information content (AvgIpc) is 2.91. The molecule has 0 amide bonds. The molecule has 1 heterocycles. The molecule has 0 bridgehead atoms. The molecule has 0 atom stereocenters. The molecule has 0 fully saturated rings. The minimum atomic E-state index is -0.298. The van der Waals surface area contributed by atoms with Crippen LogP contribution in [0.25, 0.3) is 11.3 Å². The Morgan fingerprint density at radius 3 is 2.59 bits per heavy atom. The van der Waals surface area contributed by atoms with Crippen LogP contribution in [0.2, 0.25) is 0 Å². The minimum absolute atomic E-state index is 0.298. The molecule has 1 aromatic heterocycles. The zero-order valence-corrected chi connectivity index (χ0v) is 12.8. The van der Waals surface area contributed by atoms with Crippen molar-refractivity contribution >= 4 is 22.7 Å². The lowest BCUT2D eigenvalue weighted by Crippen LogP contribution is -1.92. The van der Waals surface area contributed by atoms with E-state index in [9.17, 15) is 4.39 Å². The number of halogens is 1. The van der Waals surface area contributed by atoms with Gasteiger partial charge in [-0.2, -0.15) is 5.10 Å². The number of hydrazone groups is 1. The van der Waals surface area contributed by atoms with Crippen LogP contribution in [0.5, 0.6) is 0 Å². The van der Waals surface area contributed by atoms with E-state index in [1.165, 1.54) is 23.6 Å². The maximum absolute atomic E-state index is 13.5. The van der Waals surface area contributed by atoms with Crippen molar-refractivity contribution in [3.05, 3.63) is 70.9 Å². The van der Waals surface area contributed by atoms with Crippen LogP contribution < -0.4 is 5.43 Å². The molecule has 2 aromatic carbocycles. The number of nitrogens with one attached hydrogen (secondary N) is 1. The average molecular weight is 311 g/mol. The van der Waals surface area contributed by atoms with Crippen molar-refractivity contribution in [1.82, 2.24) is 4.98 Å². The lowest BCUT2D eigenvalue weighted by atomic mass is 10.1. The molecule has 0 spiro atoms. The fourth-order valence-electron chi connectivity index (χ4n) is 2.04. The van der Waals surface area contributed by atoms with Crippen molar-refractivity contribution in [1.29, 1.82) is 0 Å². The number of nitrogens with zero attached hydrogens (tertiary/aromatic N) is 2. The van der Waals surface area contributed by atoms with Gasteiger partial charge in [-0.05, 0) is 13.0 Å². The van der Waals surface area contributed by atoms with Crippen molar-refractivity contribution in [2.75, 3.05) is 5.43 Å². The van der Waals surface area contributed by atoms with E-state index < -0.39 is 0 Å². The number of hydrogen-bond acceptors (Lipinski definition) is 4. The van der Waals surface area contributed by atoms with Crippen LogP contribution in [-0.2, 0) is 0 Å². The lowest BCUT2D eigenvalue weighted by molar-refractivity contribution is 0.626. The fraction of sp³-hybridized carbons (Fsp3) is 0.0588. The van der Waals surface area contributed by atoms with E-state index in [0.29, 0.717) is 10.7 Å². The number of thiazole rings is 1. The molecule has 1 N–H and O–H groups in total. The van der Waals surface area contributed by atoms with Crippen molar-refractivity contribution in [3.63, 3.8) is 0 Å². The van der Waals surface area contributed by atoms with E-state index in [2.05, 4.69) is 15.5 Å². The molecule has 3 rings (SSSR count). The van der Waals surface area contributed by atoms with Gasteiger partial charge in [0.15, 0.2) is 0 Å². The summed E-state index contributed by atoms with van der Waals surface area (Å²) < 4.78 is 13.5. The molecule has 22 heavy (non-hydrogen) atoms. The molecule has 110 valence electrons. The molecule has 0 saturated carbocycles. The predicted molar refractivity (Wildman–Crippen MR) is 89.9 cm³/mol. The van der Waals surface area contributed by atoms with Gasteiger partial charge in [0.05, 0.1) is 11.9 Å². The van der Waals surface area contributed by atoms with Gasteiger partial charge in [0.1, 0.15) is 5.82 Å². The normalized spacial score (nSPS) is 11.0. The highest BCUT2D eigenvalue weighted by Crippen LogP contribution is 2.30. The minimum Gasteiger partial charge on any atom is -0.253 e. The second kappa shape index (κ2) is 6.49. The van der Waals surface area contributed by atoms with Crippen LogP contribution in [-0.4, -0.2) is 11.2 Å². The first-order valence-electron chi connectivity index (χ1n) is 6.80. The summed E-state index contributed by atoms with van der Waals surface area (Å²) in [6, 6.07) is 16.5. The van der Waals surface area contributed by atoms with E-state index in [4.69, 9.17) is 0 Å². The smallest absolute Gasteiger partial charge is 0.204 e. The highest BCUT2D eigenvalue weighted by molar-refractivity contribution is 7.15. The molecule has 5 heteroatoms. The molecular formula is C17H14FN3S. The zero-order chi connectivity index (χ0) is 15.4. The highest BCUT2D eigenvalue weighted by Gasteiger charge is 2.08. The van der Waals surface area contributed by atoms with Gasteiger partial charge in [0, 0.05) is 16.0 Å². The van der Waals surface area contributed by atoms with Crippen LogP contribution in [0.4, 0.5) is 9.52 Å². The Labute approximate surface area is 132 Å². The Morgan fingerprint density at radius 1 is 1.09 bits per heavy atom. The molecule has 0 unspecified atom stereocenters. The van der Waals surface area contributed by atoms with Gasteiger partial charge in [-0.3, -0.25) is 5.43 Å². The Hall–Kier alpha value is -2.53. The largest absolute Gasteiger partial charge is 0.253 e. The van der Waals surface area contributed by atoms with Crippen LogP contribution in [0.1, 0.15) is 10.4 Å². The van der Waals surface area contributed by atoms with E-state index in [-0.39, 0.29) is 5.82 Å². The summed E-state index contributed by atoms with van der Waals surface area (Å²) in [5.74, 6) is -0.298. The van der Waals surface area contributed by atoms with Crippen LogP contribution >= 0.6 is 11.3 Å². The fourth-order valence-corrected chi connectivity index (χ4v) is 2.83. The Bertz CT molecular complexity index is 797. The quantitative estimate of drug-likeness (QED) is 0.560. The Kier molecular flexibility index (Phi) is 4.25. The lowest BCUT2D eigenvalue weighted by Gasteiger charge is -1.97. The molecule has 0 radical (unpaired) electrons. The van der Waals surface area contributed by atoms with E-state index in [0.717, 1.165) is 16.1 Å². The third kappa shape index (κ3) is 3.20. The maximum Gasteiger partial charge on any atom is 0.204 e. The van der Waals surface area contributed by atoms with Gasteiger partial charge in [-0.25, -0.2) is 9.37 Å². The van der Waals surface area contributed by atoms with Crippen LogP contribution in [0, 0.1) is 12.7 Å². The molecule has 3 aromatic rings. The molecule has 3 nitrogen and oxygen atoms in total. The Morgan fingerprint density at radius 2 is 1.82 bits per heavy atom. The Balaban J connectivity index is 1.76. The molecule has 0 saturated heterocycles. The molecular weight excluding hydrogens is 297 g/mol. The number of rotatable bonds is 4. The topological polar surface area (TPSA) is 37.3 Å². The monoisotopic (exact) mass is 311 g/mol. The summed E-state index contributed by atoms with van der Waals surface area (Å²) in [6.07, 6.45) is 1.45. The van der Waals surface area contributed by atoms with Crippen molar-refractivity contribution < 1.29 is 4.39 Å². The summed E-state index contributed by atoms with van der Waals surface area (Å²) in [6.45, 7) is 2.02. The van der Waals surface area contributed by atoms with Gasteiger partial charge in [-0.15, -0.1) is 11.3 Å². The highest BCUT2D eigenvalue weighted by atomic mass is 32.1. The number of aryl methyl sites for hydroxylation is 1. The van der Waals surface area contributed by atoms with Gasteiger partial charge >= 0.3 is 0 Å². The van der Waals surface area contributed by atoms with Crippen LogP contribution in [0.3, 0.4) is 0 Å². The molecule has 0 aliphatic carbocycles. The maximum atomic E-state index is 13.5. The van der Waals surface area contributed by atoms with Crippen molar-refractivity contribution in [2.24, 2.45) is 5.10 Å². The molecule has 0 aliphatic rings. The number of aromatic nitrogens is 1. The predicted octanol–water partition coefficient (Wildman–Crippen LogP) is 4.70. The standard InChI is InChI=1S/C17H14FN3S/c1-12-16(13-7-3-2-4-8-13)20-17(22-12)21-19-11-14-9-5-6-10-15(14)18/h2-11H,1H3,(H,20,21)/b19-11+. The summed E-state index contributed by atoms with van der Waals surface area (Å²) in [5.41, 5.74) is 5.31. The number of hydrogen-bond donors (Lipinski definition) is 1. The van der Waals surface area contributed by atoms with Crippen molar-refractivity contribution in [2.45, 2.75) is 6.92 Å². The second-order valence-electron chi connectivity index (χ2n) is 4.68. The van der Waals surface area contributed by atoms with E-state index in [1.807, 2.05) is 37.3 Å².